The Labute approximate surface area is 190 Å². The molecule has 2 aromatic heterocycles. The van der Waals surface area contributed by atoms with Gasteiger partial charge in [-0.25, -0.2) is 13.4 Å². The highest BCUT2D eigenvalue weighted by atomic mass is 32.2. The number of aromatic nitrogens is 4. The van der Waals surface area contributed by atoms with Crippen LogP contribution in [0.4, 0.5) is 16.3 Å². The Balaban J connectivity index is 1.58. The number of anilines is 2. The molecule has 0 aliphatic carbocycles. The minimum Gasteiger partial charge on any atom is -0.378 e. The molecule has 0 spiro atoms. The maximum atomic E-state index is 13.3. The van der Waals surface area contributed by atoms with Crippen LogP contribution >= 0.6 is 0 Å². The van der Waals surface area contributed by atoms with Crippen LogP contribution in [0.3, 0.4) is 0 Å². The van der Waals surface area contributed by atoms with Gasteiger partial charge in [0.05, 0.1) is 19.5 Å². The van der Waals surface area contributed by atoms with Crippen LogP contribution in [0.15, 0.2) is 18.3 Å². The Hall–Kier alpha value is -2.81. The quantitative estimate of drug-likeness (QED) is 0.403. The van der Waals surface area contributed by atoms with Gasteiger partial charge in [0.1, 0.15) is 6.17 Å². The highest BCUT2D eigenvalue weighted by molar-refractivity contribution is 7.88. The zero-order chi connectivity index (χ0) is 23.4. The standard InChI is InChI=1S/C19H25FN8O4S/c1-33(30,31)28-6-4-26(5-7-28)16(13-29)22-18-23-17(14-2-3-15(20)21-12-14)24-19(25-18)27-8-10-32-11-9-27/h2-3,12-13,16H,4-11H2,1H3,(H,22,23,24,25). The van der Waals surface area contributed by atoms with E-state index in [1.54, 1.807) is 0 Å². The van der Waals surface area contributed by atoms with Gasteiger partial charge in [0.25, 0.3) is 0 Å². The number of pyridine rings is 1. The van der Waals surface area contributed by atoms with E-state index in [2.05, 4.69) is 25.3 Å². The summed E-state index contributed by atoms with van der Waals surface area (Å²) in [5, 5.41) is 3.03. The molecule has 178 valence electrons. The summed E-state index contributed by atoms with van der Waals surface area (Å²) < 4.78 is 43.6. The third-order valence-electron chi connectivity index (χ3n) is 5.44. The van der Waals surface area contributed by atoms with Gasteiger partial charge in [0.15, 0.2) is 12.1 Å². The number of carbonyl (C=O) groups excluding carboxylic acids is 1. The summed E-state index contributed by atoms with van der Waals surface area (Å²) in [7, 11) is -3.28. The van der Waals surface area contributed by atoms with Crippen LogP contribution in [0.25, 0.3) is 11.4 Å². The van der Waals surface area contributed by atoms with Gasteiger partial charge >= 0.3 is 0 Å². The van der Waals surface area contributed by atoms with Crippen LogP contribution in [-0.4, -0.2) is 109 Å². The minimum atomic E-state index is -3.28. The molecule has 33 heavy (non-hydrogen) atoms. The third kappa shape index (κ3) is 5.76. The number of hydrogen-bond acceptors (Lipinski definition) is 11. The predicted octanol–water partition coefficient (Wildman–Crippen LogP) is -0.577. The first-order chi connectivity index (χ1) is 15.8. The molecule has 0 amide bonds. The topological polar surface area (TPSA) is 134 Å². The van der Waals surface area contributed by atoms with Gasteiger partial charge in [-0.2, -0.15) is 23.6 Å². The average molecular weight is 481 g/mol. The lowest BCUT2D eigenvalue weighted by atomic mass is 10.2. The first kappa shape index (κ1) is 23.4. The van der Waals surface area contributed by atoms with Crippen molar-refractivity contribution in [3.05, 3.63) is 24.3 Å². The molecule has 2 aliphatic rings. The van der Waals surface area contributed by atoms with Gasteiger partial charge in [0, 0.05) is 51.0 Å². The number of aldehydes is 1. The van der Waals surface area contributed by atoms with Crippen LogP contribution in [-0.2, 0) is 19.6 Å². The molecule has 0 bridgehead atoms. The predicted molar refractivity (Wildman–Crippen MR) is 118 cm³/mol. The normalized spacial score (nSPS) is 19.3. The second-order valence-electron chi connectivity index (χ2n) is 7.67. The van der Waals surface area contributed by atoms with Crippen molar-refractivity contribution in [3.8, 4) is 11.4 Å². The highest BCUT2D eigenvalue weighted by Crippen LogP contribution is 2.21. The van der Waals surface area contributed by atoms with Crippen molar-refractivity contribution in [2.45, 2.75) is 6.17 Å². The van der Waals surface area contributed by atoms with Crippen molar-refractivity contribution < 1.29 is 22.3 Å². The fourth-order valence-corrected chi connectivity index (χ4v) is 4.45. The van der Waals surface area contributed by atoms with Crippen molar-refractivity contribution in [2.24, 2.45) is 0 Å². The zero-order valence-electron chi connectivity index (χ0n) is 18.1. The summed E-state index contributed by atoms with van der Waals surface area (Å²) in [5.41, 5.74) is 0.501. The van der Waals surface area contributed by atoms with Gasteiger partial charge in [-0.3, -0.25) is 9.69 Å². The van der Waals surface area contributed by atoms with E-state index >= 15 is 0 Å². The first-order valence-electron chi connectivity index (χ1n) is 10.5. The molecule has 2 aromatic rings. The van der Waals surface area contributed by atoms with E-state index in [0.717, 1.165) is 6.29 Å². The largest absolute Gasteiger partial charge is 0.378 e. The van der Waals surface area contributed by atoms with Gasteiger partial charge in [-0.1, -0.05) is 0 Å². The zero-order valence-corrected chi connectivity index (χ0v) is 18.9. The molecule has 2 aliphatic heterocycles. The summed E-state index contributed by atoms with van der Waals surface area (Å²) in [6.07, 6.45) is 2.47. The van der Waals surface area contributed by atoms with E-state index in [9.17, 15) is 17.6 Å². The van der Waals surface area contributed by atoms with E-state index in [-0.39, 0.29) is 24.9 Å². The van der Waals surface area contributed by atoms with E-state index in [1.165, 1.54) is 28.9 Å². The highest BCUT2D eigenvalue weighted by Gasteiger charge is 2.28. The lowest BCUT2D eigenvalue weighted by Gasteiger charge is -2.36. The van der Waals surface area contributed by atoms with Crippen LogP contribution in [0.2, 0.25) is 0 Å². The smallest absolute Gasteiger partial charge is 0.230 e. The number of hydrogen-bond donors (Lipinski definition) is 1. The van der Waals surface area contributed by atoms with Crippen LogP contribution in [0.1, 0.15) is 0 Å². The molecule has 14 heteroatoms. The summed E-state index contributed by atoms with van der Waals surface area (Å²) >= 11 is 0. The average Bonchev–Trinajstić information content (AvgIpc) is 2.83. The van der Waals surface area contributed by atoms with Gasteiger partial charge < -0.3 is 15.0 Å². The molecule has 1 unspecified atom stereocenters. The van der Waals surface area contributed by atoms with Crippen molar-refractivity contribution in [1.82, 2.24) is 29.1 Å². The fourth-order valence-electron chi connectivity index (χ4n) is 3.63. The van der Waals surface area contributed by atoms with E-state index in [4.69, 9.17) is 4.74 Å². The maximum Gasteiger partial charge on any atom is 0.230 e. The number of nitrogens with zero attached hydrogens (tertiary/aromatic N) is 7. The second kappa shape index (κ2) is 9.99. The van der Waals surface area contributed by atoms with E-state index < -0.39 is 22.1 Å². The van der Waals surface area contributed by atoms with Crippen molar-refractivity contribution >= 4 is 28.2 Å². The number of carbonyl (C=O) groups is 1. The fraction of sp³-hybridized carbons (Fsp3) is 0.526. The molecule has 2 fully saturated rings. The van der Waals surface area contributed by atoms with Crippen LogP contribution < -0.4 is 10.2 Å². The number of morpholine rings is 1. The number of ether oxygens (including phenoxy) is 1. The van der Waals surface area contributed by atoms with E-state index in [1.807, 2.05) is 9.80 Å². The Kier molecular flexibility index (Phi) is 7.07. The molecule has 4 rings (SSSR count). The first-order valence-corrected chi connectivity index (χ1v) is 12.3. The van der Waals surface area contributed by atoms with Crippen LogP contribution in [0.5, 0.6) is 0 Å². The number of sulfonamides is 1. The molecule has 2 saturated heterocycles. The maximum absolute atomic E-state index is 13.3. The van der Waals surface area contributed by atoms with E-state index in [0.29, 0.717) is 50.9 Å². The molecule has 1 N–H and O–H groups in total. The Morgan fingerprint density at radius 2 is 1.82 bits per heavy atom. The molecule has 1 atom stereocenters. The number of nitrogens with one attached hydrogen (secondary N) is 1. The molecule has 0 saturated carbocycles. The Bertz CT molecular complexity index is 1070. The number of rotatable bonds is 7. The minimum absolute atomic E-state index is 0.174. The molecule has 0 aromatic carbocycles. The molecule has 0 radical (unpaired) electrons. The Morgan fingerprint density at radius 3 is 2.42 bits per heavy atom. The van der Waals surface area contributed by atoms with Gasteiger partial charge in [-0.15, -0.1) is 0 Å². The summed E-state index contributed by atoms with van der Waals surface area (Å²) in [5.74, 6) is 0.247. The summed E-state index contributed by atoms with van der Waals surface area (Å²) in [4.78, 5) is 32.7. The monoisotopic (exact) mass is 480 g/mol. The molecule has 12 nitrogen and oxygen atoms in total. The van der Waals surface area contributed by atoms with Crippen molar-refractivity contribution in [3.63, 3.8) is 0 Å². The lowest BCUT2D eigenvalue weighted by molar-refractivity contribution is -0.112. The number of piperazine rings is 1. The molecule has 4 heterocycles. The third-order valence-corrected chi connectivity index (χ3v) is 6.75. The summed E-state index contributed by atoms with van der Waals surface area (Å²) in [6.45, 7) is 3.57. The summed E-state index contributed by atoms with van der Waals surface area (Å²) in [6, 6.07) is 2.74. The SMILES string of the molecule is CS(=O)(=O)N1CCN(C(C=O)Nc2nc(-c3ccc(F)nc3)nc(N3CCOCC3)n2)CC1. The van der Waals surface area contributed by atoms with Crippen molar-refractivity contribution in [2.75, 3.05) is 69.0 Å². The van der Waals surface area contributed by atoms with Crippen LogP contribution in [0, 0.1) is 5.95 Å². The van der Waals surface area contributed by atoms with Gasteiger partial charge in [-0.05, 0) is 12.1 Å². The molecular weight excluding hydrogens is 455 g/mol. The van der Waals surface area contributed by atoms with Crippen molar-refractivity contribution in [1.29, 1.82) is 0 Å². The second-order valence-corrected chi connectivity index (χ2v) is 9.66. The lowest BCUT2D eigenvalue weighted by Crippen LogP contribution is -2.54. The van der Waals surface area contributed by atoms with Gasteiger partial charge in [0.2, 0.25) is 27.9 Å². The number of halogens is 1. The Morgan fingerprint density at radius 1 is 1.09 bits per heavy atom. The molecular formula is C19H25FN8O4S.